The third kappa shape index (κ3) is 5.97. The van der Waals surface area contributed by atoms with Crippen molar-refractivity contribution in [3.05, 3.63) is 66.0 Å². The molecule has 0 aromatic heterocycles. The number of carbonyl (C=O) groups is 1. The molecule has 0 unspecified atom stereocenters. The molecule has 2 aromatic carbocycles. The molecule has 6 nitrogen and oxygen atoms in total. The standard InChI is InChI=1S/C18H18ClFN2O4S/c1-3-10-26-15-7-4-13(5-8-15)21-18(23)12-22(27(2,24)25)14-6-9-17(20)16(19)11-14/h3-9,11H,1,10,12H2,2H3,(H,21,23). The monoisotopic (exact) mass is 412 g/mol. The lowest BCUT2D eigenvalue weighted by atomic mass is 10.3. The number of halogens is 2. The van der Waals surface area contributed by atoms with E-state index in [2.05, 4.69) is 11.9 Å². The highest BCUT2D eigenvalue weighted by Gasteiger charge is 2.21. The van der Waals surface area contributed by atoms with E-state index in [0.717, 1.165) is 22.7 Å². The first-order chi connectivity index (χ1) is 12.7. The lowest BCUT2D eigenvalue weighted by Gasteiger charge is -2.22. The Morgan fingerprint density at radius 3 is 2.52 bits per heavy atom. The van der Waals surface area contributed by atoms with Crippen LogP contribution in [0.4, 0.5) is 15.8 Å². The van der Waals surface area contributed by atoms with Crippen LogP contribution in [-0.4, -0.2) is 33.7 Å². The minimum Gasteiger partial charge on any atom is -0.490 e. The Labute approximate surface area is 162 Å². The summed E-state index contributed by atoms with van der Waals surface area (Å²) in [7, 11) is -3.79. The van der Waals surface area contributed by atoms with Crippen LogP contribution in [0.3, 0.4) is 0 Å². The van der Waals surface area contributed by atoms with Crippen molar-refractivity contribution < 1.29 is 22.3 Å². The van der Waals surface area contributed by atoms with Crippen molar-refractivity contribution in [2.75, 3.05) is 29.0 Å². The van der Waals surface area contributed by atoms with E-state index >= 15 is 0 Å². The normalized spacial score (nSPS) is 10.9. The van der Waals surface area contributed by atoms with Crippen LogP contribution in [0.2, 0.25) is 5.02 Å². The molecule has 0 radical (unpaired) electrons. The number of benzene rings is 2. The van der Waals surface area contributed by atoms with Gasteiger partial charge in [-0.1, -0.05) is 24.3 Å². The Morgan fingerprint density at radius 1 is 1.30 bits per heavy atom. The van der Waals surface area contributed by atoms with Crippen molar-refractivity contribution in [1.29, 1.82) is 0 Å². The largest absolute Gasteiger partial charge is 0.490 e. The molecule has 144 valence electrons. The van der Waals surface area contributed by atoms with Gasteiger partial charge < -0.3 is 10.1 Å². The molecule has 0 saturated heterocycles. The molecule has 0 aliphatic heterocycles. The number of rotatable bonds is 8. The van der Waals surface area contributed by atoms with Gasteiger partial charge in [-0.05, 0) is 42.5 Å². The van der Waals surface area contributed by atoms with Crippen LogP contribution < -0.4 is 14.4 Å². The Kier molecular flexibility index (Phi) is 6.81. The number of amides is 1. The Morgan fingerprint density at radius 2 is 1.96 bits per heavy atom. The molecule has 9 heteroatoms. The summed E-state index contributed by atoms with van der Waals surface area (Å²) in [5.41, 5.74) is 0.559. The van der Waals surface area contributed by atoms with E-state index in [-0.39, 0.29) is 10.7 Å². The smallest absolute Gasteiger partial charge is 0.245 e. The average Bonchev–Trinajstić information content (AvgIpc) is 2.60. The van der Waals surface area contributed by atoms with Gasteiger partial charge in [0.1, 0.15) is 24.7 Å². The molecule has 0 saturated carbocycles. The number of ether oxygens (including phenoxy) is 1. The molecule has 0 fully saturated rings. The van der Waals surface area contributed by atoms with E-state index in [1.807, 2.05) is 0 Å². The maximum absolute atomic E-state index is 13.3. The number of hydrogen-bond acceptors (Lipinski definition) is 4. The van der Waals surface area contributed by atoms with Crippen molar-refractivity contribution in [2.24, 2.45) is 0 Å². The van der Waals surface area contributed by atoms with E-state index in [1.165, 1.54) is 6.07 Å². The molecule has 27 heavy (non-hydrogen) atoms. The first-order valence-corrected chi connectivity index (χ1v) is 9.99. The topological polar surface area (TPSA) is 75.7 Å². The van der Waals surface area contributed by atoms with Crippen molar-refractivity contribution >= 4 is 38.9 Å². The second-order valence-electron chi connectivity index (χ2n) is 5.54. The fourth-order valence-corrected chi connectivity index (χ4v) is 3.18. The summed E-state index contributed by atoms with van der Waals surface area (Å²) in [6.07, 6.45) is 2.56. The fourth-order valence-electron chi connectivity index (χ4n) is 2.16. The molecule has 1 N–H and O–H groups in total. The average molecular weight is 413 g/mol. The van der Waals surface area contributed by atoms with Gasteiger partial charge in [-0.25, -0.2) is 12.8 Å². The van der Waals surface area contributed by atoms with Gasteiger partial charge in [-0.2, -0.15) is 0 Å². The predicted octanol–water partition coefficient (Wildman–Crippen LogP) is 3.45. The number of anilines is 2. The Balaban J connectivity index is 2.12. The zero-order chi connectivity index (χ0) is 20.0. The van der Waals surface area contributed by atoms with E-state index in [9.17, 15) is 17.6 Å². The minimum atomic E-state index is -3.79. The molecule has 0 atom stereocenters. The second-order valence-corrected chi connectivity index (χ2v) is 7.85. The van der Waals surface area contributed by atoms with Crippen LogP contribution in [-0.2, 0) is 14.8 Å². The quantitative estimate of drug-likeness (QED) is 0.674. The van der Waals surface area contributed by atoms with Gasteiger partial charge in [-0.15, -0.1) is 0 Å². The van der Waals surface area contributed by atoms with E-state index in [1.54, 1.807) is 30.3 Å². The number of nitrogens with one attached hydrogen (secondary N) is 1. The third-order valence-electron chi connectivity index (χ3n) is 3.38. The van der Waals surface area contributed by atoms with Crippen LogP contribution in [0.25, 0.3) is 0 Å². The fraction of sp³-hybridized carbons (Fsp3) is 0.167. The molecule has 0 aliphatic carbocycles. The van der Waals surface area contributed by atoms with Crippen molar-refractivity contribution in [2.45, 2.75) is 0 Å². The summed E-state index contributed by atoms with van der Waals surface area (Å²) in [5, 5.41) is 2.36. The number of hydrogen-bond donors (Lipinski definition) is 1. The van der Waals surface area contributed by atoms with Crippen LogP contribution >= 0.6 is 11.6 Å². The zero-order valence-electron chi connectivity index (χ0n) is 14.5. The highest BCUT2D eigenvalue weighted by molar-refractivity contribution is 7.92. The van der Waals surface area contributed by atoms with Gasteiger partial charge in [-0.3, -0.25) is 9.10 Å². The predicted molar refractivity (Wildman–Crippen MR) is 104 cm³/mol. The molecule has 0 bridgehead atoms. The highest BCUT2D eigenvalue weighted by atomic mass is 35.5. The SMILES string of the molecule is C=CCOc1ccc(NC(=O)CN(c2ccc(F)c(Cl)c2)S(C)(=O)=O)cc1. The molecule has 2 rings (SSSR count). The van der Waals surface area contributed by atoms with Crippen molar-refractivity contribution in [3.63, 3.8) is 0 Å². The van der Waals surface area contributed by atoms with Gasteiger partial charge in [0.25, 0.3) is 0 Å². The summed E-state index contributed by atoms with van der Waals surface area (Å²) in [6, 6.07) is 9.99. The van der Waals surface area contributed by atoms with Gasteiger partial charge in [0.15, 0.2) is 0 Å². The van der Waals surface area contributed by atoms with E-state index in [4.69, 9.17) is 16.3 Å². The summed E-state index contributed by atoms with van der Waals surface area (Å²) >= 11 is 5.71. The van der Waals surface area contributed by atoms with Crippen LogP contribution in [0.5, 0.6) is 5.75 Å². The van der Waals surface area contributed by atoms with Crippen LogP contribution in [0.15, 0.2) is 55.1 Å². The van der Waals surface area contributed by atoms with E-state index < -0.39 is 28.3 Å². The maximum Gasteiger partial charge on any atom is 0.245 e. The Bertz CT molecular complexity index is 933. The number of carbonyl (C=O) groups excluding carboxylic acids is 1. The van der Waals surface area contributed by atoms with Gasteiger partial charge in [0.05, 0.1) is 17.0 Å². The summed E-state index contributed by atoms with van der Waals surface area (Å²) in [6.45, 7) is 3.42. The third-order valence-corrected chi connectivity index (χ3v) is 4.81. The maximum atomic E-state index is 13.3. The molecule has 0 heterocycles. The van der Waals surface area contributed by atoms with Gasteiger partial charge >= 0.3 is 0 Å². The van der Waals surface area contributed by atoms with Crippen molar-refractivity contribution in [1.82, 2.24) is 0 Å². The van der Waals surface area contributed by atoms with E-state index in [0.29, 0.717) is 18.0 Å². The molecular weight excluding hydrogens is 395 g/mol. The first-order valence-electron chi connectivity index (χ1n) is 7.77. The van der Waals surface area contributed by atoms with Gasteiger partial charge in [0, 0.05) is 5.69 Å². The molecule has 2 aromatic rings. The second kappa shape index (κ2) is 8.88. The van der Waals surface area contributed by atoms with Crippen LogP contribution in [0.1, 0.15) is 0 Å². The lowest BCUT2D eigenvalue weighted by Crippen LogP contribution is -2.37. The van der Waals surface area contributed by atoms with Crippen LogP contribution in [0, 0.1) is 5.82 Å². The lowest BCUT2D eigenvalue weighted by molar-refractivity contribution is -0.114. The molecule has 0 aliphatic rings. The summed E-state index contributed by atoms with van der Waals surface area (Å²) < 4.78 is 43.6. The molecule has 0 spiro atoms. The summed E-state index contributed by atoms with van der Waals surface area (Å²) in [5.74, 6) is -0.649. The van der Waals surface area contributed by atoms with Gasteiger partial charge in [0.2, 0.25) is 15.9 Å². The number of sulfonamides is 1. The molecule has 1 amide bonds. The highest BCUT2D eigenvalue weighted by Crippen LogP contribution is 2.24. The minimum absolute atomic E-state index is 0.0900. The first kappa shape index (κ1) is 20.7. The molecular formula is C18H18ClFN2O4S. The van der Waals surface area contributed by atoms with Crippen molar-refractivity contribution in [3.8, 4) is 5.75 Å². The zero-order valence-corrected chi connectivity index (χ0v) is 16.1. The number of nitrogens with zero attached hydrogens (tertiary/aromatic N) is 1. The Hall–Kier alpha value is -2.58. The summed E-state index contributed by atoms with van der Waals surface area (Å²) in [4.78, 5) is 12.3.